The average Bonchev–Trinajstić information content (AvgIpc) is 1.59. The van der Waals surface area contributed by atoms with Crippen LogP contribution in [0.3, 0.4) is 0 Å². The van der Waals surface area contributed by atoms with Gasteiger partial charge in [-0.25, -0.2) is 14.4 Å². The number of carboxylic acids is 3. The number of hydrogen-bond acceptors (Lipinski definition) is 11. The molecule has 1 unspecified atom stereocenters. The second-order valence-electron chi connectivity index (χ2n) is 31.9. The van der Waals surface area contributed by atoms with Crippen LogP contribution in [0.15, 0.2) is 132 Å². The summed E-state index contributed by atoms with van der Waals surface area (Å²) < 4.78 is 29.9. The molecular weight excluding hydrogens is 1370 g/mol. The molecule has 3 amide bonds. The lowest BCUT2D eigenvalue weighted by molar-refractivity contribution is -0.143. The van der Waals surface area contributed by atoms with E-state index in [0.29, 0.717) is 63.9 Å². The fraction of sp³-hybridized carbons (Fsp3) is 0.500. The van der Waals surface area contributed by atoms with E-state index in [1.54, 1.807) is 36.4 Å². The summed E-state index contributed by atoms with van der Waals surface area (Å²) in [6.07, 6.45) is 15.1. The molecule has 3 saturated carbocycles. The third kappa shape index (κ3) is 16.5. The van der Waals surface area contributed by atoms with Crippen LogP contribution in [0.2, 0.25) is 0 Å². The molecule has 544 valence electrons. The quantitative estimate of drug-likeness (QED) is 0.0971. The monoisotopic (exact) mass is 1460 g/mol. The number of aromatic carboxylic acids is 3. The molecule has 10 aliphatic rings. The van der Waals surface area contributed by atoms with Crippen molar-refractivity contribution in [2.24, 2.45) is 16.2 Å². The number of nitrogens with zero attached hydrogens (tertiary/aromatic N) is 3. The highest BCUT2D eigenvalue weighted by Crippen LogP contribution is 2.67. The highest BCUT2D eigenvalue weighted by atomic mass is 79.9. The number of ether oxygens (including phenoxy) is 3. The van der Waals surface area contributed by atoms with Gasteiger partial charge in [0.1, 0.15) is 18.3 Å². The topological polar surface area (TPSA) is 219 Å². The van der Waals surface area contributed by atoms with E-state index in [9.17, 15) is 39.0 Å². The van der Waals surface area contributed by atoms with Crippen molar-refractivity contribution >= 4 is 64.1 Å². The van der Waals surface area contributed by atoms with E-state index in [1.165, 1.54) is 36.0 Å². The molecule has 7 aliphatic heterocycles. The molecule has 103 heavy (non-hydrogen) atoms. The summed E-state index contributed by atoms with van der Waals surface area (Å²) in [4.78, 5) is 77.1. The Kier molecular flexibility index (Phi) is 21.6. The van der Waals surface area contributed by atoms with Gasteiger partial charge in [-0.15, -0.1) is 0 Å². The minimum atomic E-state index is -0.897. The third-order valence-electron chi connectivity index (χ3n) is 24.5. The van der Waals surface area contributed by atoms with Crippen LogP contribution in [0.4, 0.5) is 0 Å². The van der Waals surface area contributed by atoms with Crippen LogP contribution in [0.25, 0.3) is 22.3 Å². The van der Waals surface area contributed by atoms with Crippen molar-refractivity contribution in [3.63, 3.8) is 0 Å². The van der Waals surface area contributed by atoms with E-state index >= 15 is 0 Å². The molecule has 16 rings (SSSR count). The minimum absolute atomic E-state index is 0.184. The van der Waals surface area contributed by atoms with Crippen LogP contribution in [-0.4, -0.2) is 161 Å². The van der Waals surface area contributed by atoms with Gasteiger partial charge in [-0.2, -0.15) is 0 Å². The molecule has 0 aromatic heterocycles. The van der Waals surface area contributed by atoms with Crippen molar-refractivity contribution in [1.82, 2.24) is 14.7 Å². The highest BCUT2D eigenvalue weighted by molar-refractivity contribution is 9.10. The van der Waals surface area contributed by atoms with Crippen LogP contribution in [0.1, 0.15) is 206 Å². The number of aryl methyl sites for hydroxylation is 3. The fourth-order valence-corrected chi connectivity index (χ4v) is 17.9. The predicted octanol–water partition coefficient (Wildman–Crippen LogP) is 15.0. The van der Waals surface area contributed by atoms with Gasteiger partial charge in [0.25, 0.3) is 17.7 Å². The van der Waals surface area contributed by atoms with Gasteiger partial charge in [0.15, 0.2) is 0 Å². The van der Waals surface area contributed by atoms with Crippen molar-refractivity contribution in [2.75, 3.05) is 59.1 Å². The molecule has 3 spiro atoms. The molecule has 19 heteroatoms. The Hall–Kier alpha value is -7.52. The van der Waals surface area contributed by atoms with Gasteiger partial charge >= 0.3 is 25.0 Å². The zero-order valence-electron chi connectivity index (χ0n) is 60.7. The summed E-state index contributed by atoms with van der Waals surface area (Å²) in [6, 6.07) is 42.1. The zero-order chi connectivity index (χ0) is 72.8. The molecule has 7 saturated heterocycles. The number of halogens is 1. The Morgan fingerprint density at radius 2 is 0.709 bits per heavy atom. The minimum Gasteiger partial charge on any atom is -0.478 e. The standard InChI is InChI=1S/2C26H29NO4.C24H34BNO4.C8H7BrO2/c2*1-17-13-20(15-21(14-17)25(29)30)18-4-6-19(7-5-18)22-16-26(22)8-10-27(11-9-26)24(28)23-3-2-12-31-23;1-22(2)23(3,4)30-25(29-22)18-9-7-17(8-10-18)19-16-24(19)11-13-26(14-12-24)21(27)20-6-5-15-28-20;1-5-2-6(8(10)11)4-7(9)3-5/h2*4-7,13-15,22-23H,2-3,8-12,16H2,1H3,(H,29,30);7-10,19-20H,5-6,11-16H2,1-4H3;2-4H,1H3,(H,10,11)/t22-,23+;22-,23-;19?,20-;/m011./s1. The number of carbonyl (C=O) groups is 6. The van der Waals surface area contributed by atoms with Crippen molar-refractivity contribution in [1.29, 1.82) is 0 Å². The van der Waals surface area contributed by atoms with E-state index in [1.807, 2.05) is 53.7 Å². The lowest BCUT2D eigenvalue weighted by Gasteiger charge is -2.34. The highest BCUT2D eigenvalue weighted by Gasteiger charge is 2.59. The summed E-state index contributed by atoms with van der Waals surface area (Å²) in [7, 11) is -0.302. The van der Waals surface area contributed by atoms with Gasteiger partial charge in [0, 0.05) is 63.6 Å². The van der Waals surface area contributed by atoms with Crippen LogP contribution in [-0.2, 0) is 37.9 Å². The van der Waals surface area contributed by atoms with E-state index in [0.717, 1.165) is 172 Å². The van der Waals surface area contributed by atoms with Crippen LogP contribution < -0.4 is 5.46 Å². The molecule has 3 aliphatic carbocycles. The Morgan fingerprint density at radius 3 is 1.00 bits per heavy atom. The molecule has 0 radical (unpaired) electrons. The molecule has 17 nitrogen and oxygen atoms in total. The first kappa shape index (κ1) is 73.8. The van der Waals surface area contributed by atoms with E-state index in [2.05, 4.69) is 116 Å². The van der Waals surface area contributed by atoms with Crippen molar-refractivity contribution in [2.45, 2.75) is 192 Å². The van der Waals surface area contributed by atoms with Gasteiger partial charge in [-0.05, 0) is 282 Å². The molecular formula is C84H99BBrN3O14. The predicted molar refractivity (Wildman–Crippen MR) is 399 cm³/mol. The van der Waals surface area contributed by atoms with Crippen LogP contribution in [0, 0.1) is 37.0 Å². The number of rotatable bonds is 12. The average molecular weight is 1470 g/mol. The molecule has 0 bridgehead atoms. The number of hydrogen-bond donors (Lipinski definition) is 3. The molecule has 3 N–H and O–H groups in total. The van der Waals surface area contributed by atoms with Crippen LogP contribution >= 0.6 is 15.9 Å². The van der Waals surface area contributed by atoms with Gasteiger partial charge in [0.05, 0.1) is 27.9 Å². The molecule has 10 fully saturated rings. The normalized spacial score (nSPS) is 24.8. The van der Waals surface area contributed by atoms with Crippen LogP contribution in [0.5, 0.6) is 0 Å². The molecule has 7 heterocycles. The number of amides is 3. The van der Waals surface area contributed by atoms with E-state index in [4.69, 9.17) is 28.6 Å². The van der Waals surface area contributed by atoms with Gasteiger partial charge in [-0.3, -0.25) is 14.4 Å². The summed E-state index contributed by atoms with van der Waals surface area (Å²) in [6.45, 7) is 21.3. The number of carbonyl (C=O) groups excluding carboxylic acids is 3. The largest absolute Gasteiger partial charge is 0.494 e. The Balaban J connectivity index is 0.000000128. The molecule has 6 atom stereocenters. The number of benzene rings is 6. The zero-order valence-corrected chi connectivity index (χ0v) is 62.3. The summed E-state index contributed by atoms with van der Waals surface area (Å²) in [5.41, 5.74) is 13.4. The third-order valence-corrected chi connectivity index (χ3v) is 24.9. The lowest BCUT2D eigenvalue weighted by Crippen LogP contribution is -2.44. The van der Waals surface area contributed by atoms with E-state index in [-0.39, 0.29) is 54.4 Å². The first-order valence-electron chi connectivity index (χ1n) is 37.3. The Labute approximate surface area is 614 Å². The maximum Gasteiger partial charge on any atom is 0.494 e. The van der Waals surface area contributed by atoms with Crippen molar-refractivity contribution in [3.8, 4) is 22.3 Å². The Morgan fingerprint density at radius 1 is 0.408 bits per heavy atom. The first-order valence-corrected chi connectivity index (χ1v) is 38.1. The maximum atomic E-state index is 12.6. The summed E-state index contributed by atoms with van der Waals surface area (Å²) >= 11 is 3.22. The van der Waals surface area contributed by atoms with E-state index < -0.39 is 17.9 Å². The second kappa shape index (κ2) is 30.2. The smallest absolute Gasteiger partial charge is 0.478 e. The second-order valence-corrected chi connectivity index (χ2v) is 32.9. The Bertz CT molecular complexity index is 3920. The fourth-order valence-electron chi connectivity index (χ4n) is 17.2. The van der Waals surface area contributed by atoms with Crippen molar-refractivity contribution < 1.29 is 67.6 Å². The van der Waals surface area contributed by atoms with Gasteiger partial charge in [-0.1, -0.05) is 101 Å². The van der Waals surface area contributed by atoms with Crippen molar-refractivity contribution in [3.05, 3.63) is 182 Å². The molecule has 6 aromatic carbocycles. The first-order chi connectivity index (χ1) is 49.2. The summed E-state index contributed by atoms with van der Waals surface area (Å²) in [5, 5.41) is 27.3. The number of likely N-dealkylation sites (tertiary alicyclic amines) is 3. The maximum absolute atomic E-state index is 12.6. The SMILES string of the molecule is CC1(C)OB(c2ccc(C3CC34CCN(C(=O)[C@H]3CCCO3)CC4)cc2)OC1(C)C.Cc1cc(Br)cc(C(=O)O)c1.Cc1cc(C(=O)O)cc(-c2ccc([C@@H]3CC34CCN(C(=O)[C@H]3CCCO3)CC4)cc2)c1.Cc1cc(C(=O)O)cc(-c2ccc([C@H]3CC34CCN(C(=O)[C@H]3CCCO3)CC4)cc2)c1. The summed E-state index contributed by atoms with van der Waals surface area (Å²) in [5.74, 6) is -0.356. The lowest BCUT2D eigenvalue weighted by atomic mass is 9.78. The van der Waals surface area contributed by atoms with Gasteiger partial charge in [0.2, 0.25) is 0 Å². The number of carboxylic acid groups (broad SMARTS) is 3. The molecule has 6 aromatic rings. The van der Waals surface area contributed by atoms with Gasteiger partial charge < -0.3 is 53.5 Å². The number of piperidine rings is 3.